The van der Waals surface area contributed by atoms with E-state index in [2.05, 4.69) is 47.0 Å². The smallest absolute Gasteiger partial charge is 0.188 e. The van der Waals surface area contributed by atoms with Gasteiger partial charge in [-0.1, -0.05) is 12.1 Å². The second kappa shape index (κ2) is 5.61. The van der Waals surface area contributed by atoms with E-state index < -0.39 is 0 Å². The van der Waals surface area contributed by atoms with Crippen LogP contribution in [0.1, 0.15) is 22.6 Å². The minimum Gasteiger partial charge on any atom is -0.292 e. The van der Waals surface area contributed by atoms with Crippen molar-refractivity contribution in [3.8, 4) is 0 Å². The van der Waals surface area contributed by atoms with E-state index in [-0.39, 0.29) is 17.9 Å². The van der Waals surface area contributed by atoms with Gasteiger partial charge in [0.15, 0.2) is 5.78 Å². The molecule has 4 heterocycles. The molecule has 2 aliphatic rings. The Morgan fingerprint density at radius 2 is 1.50 bits per heavy atom. The lowest BCUT2D eigenvalue weighted by Gasteiger charge is -2.34. The first-order valence-electron chi connectivity index (χ1n) is 7.51. The maximum Gasteiger partial charge on any atom is 0.188 e. The van der Waals surface area contributed by atoms with Crippen molar-refractivity contribution >= 4 is 40.6 Å². The Morgan fingerprint density at radius 3 is 1.91 bits per heavy atom. The van der Waals surface area contributed by atoms with Crippen LogP contribution in [0.2, 0.25) is 0 Å². The minimum absolute atomic E-state index is 0.243. The lowest BCUT2D eigenvalue weighted by molar-refractivity contribution is -0.114. The number of carbonyl (C=O) groups is 1. The number of hydrogen-bond acceptors (Lipinski definition) is 4. The molecular weight excluding hydrogens is 310 g/mol. The Morgan fingerprint density at radius 1 is 1.00 bits per heavy atom. The number of nitrogens with zero attached hydrogens (tertiary/aromatic N) is 1. The third-order valence-electron chi connectivity index (χ3n) is 4.62. The van der Waals surface area contributed by atoms with Crippen molar-refractivity contribution in [2.45, 2.75) is 24.9 Å². The first kappa shape index (κ1) is 14.1. The van der Waals surface area contributed by atoms with Gasteiger partial charge in [-0.05, 0) is 54.9 Å². The van der Waals surface area contributed by atoms with Crippen LogP contribution < -0.4 is 0 Å². The molecule has 2 aliphatic heterocycles. The molecule has 22 heavy (non-hydrogen) atoms. The van der Waals surface area contributed by atoms with Gasteiger partial charge in [0, 0.05) is 33.0 Å². The molecule has 0 radical (unpaired) electrons. The highest BCUT2D eigenvalue weighted by atomic mass is 32.1. The van der Waals surface area contributed by atoms with E-state index in [1.807, 2.05) is 12.1 Å². The summed E-state index contributed by atoms with van der Waals surface area (Å²) in [7, 11) is 2.15. The number of carbonyl (C=O) groups excluding carboxylic acids is 1. The van der Waals surface area contributed by atoms with Gasteiger partial charge in [0.2, 0.25) is 0 Å². The van der Waals surface area contributed by atoms with Crippen molar-refractivity contribution in [3.05, 3.63) is 55.9 Å². The number of thiophene rings is 2. The van der Waals surface area contributed by atoms with Crippen molar-refractivity contribution < 1.29 is 4.79 Å². The van der Waals surface area contributed by atoms with Crippen LogP contribution >= 0.6 is 22.7 Å². The van der Waals surface area contributed by atoms with Crippen LogP contribution in [0.4, 0.5) is 0 Å². The average Bonchev–Trinajstić information content (AvgIpc) is 3.22. The molecule has 2 atom stereocenters. The molecule has 2 saturated heterocycles. The summed E-state index contributed by atoms with van der Waals surface area (Å²) in [4.78, 5) is 17.7. The number of fused-ring (bicyclic) bond motifs is 2. The molecule has 0 aromatic carbocycles. The van der Waals surface area contributed by atoms with Crippen molar-refractivity contribution in [2.24, 2.45) is 0 Å². The number of hydrogen-bond donors (Lipinski definition) is 0. The van der Waals surface area contributed by atoms with E-state index in [9.17, 15) is 4.79 Å². The molecule has 0 amide bonds. The van der Waals surface area contributed by atoms with E-state index in [1.165, 1.54) is 0 Å². The van der Waals surface area contributed by atoms with Crippen LogP contribution in [0.25, 0.3) is 12.2 Å². The van der Waals surface area contributed by atoms with Crippen LogP contribution in [0.3, 0.4) is 0 Å². The number of ketones is 1. The number of likely N-dealkylation sites (N-methyl/N-ethyl adjacent to an activating group) is 1. The zero-order valence-corrected chi connectivity index (χ0v) is 14.0. The van der Waals surface area contributed by atoms with E-state index in [1.54, 1.807) is 22.7 Å². The molecule has 0 aliphatic carbocycles. The molecule has 2 nitrogen and oxygen atoms in total. The first-order valence-corrected chi connectivity index (χ1v) is 9.27. The summed E-state index contributed by atoms with van der Waals surface area (Å²) in [5, 5.41) is 4.12. The number of rotatable bonds is 2. The Kier molecular flexibility index (Phi) is 3.60. The fourth-order valence-corrected chi connectivity index (χ4v) is 4.87. The van der Waals surface area contributed by atoms with Gasteiger partial charge in [-0.2, -0.15) is 0 Å². The van der Waals surface area contributed by atoms with Crippen LogP contribution in [0.15, 0.2) is 46.2 Å². The molecule has 2 fully saturated rings. The predicted octanol–water partition coefficient (Wildman–Crippen LogP) is 4.32. The predicted molar refractivity (Wildman–Crippen MR) is 94.2 cm³/mol. The third-order valence-corrected chi connectivity index (χ3v) is 6.26. The average molecular weight is 327 g/mol. The van der Waals surface area contributed by atoms with Gasteiger partial charge in [-0.25, -0.2) is 0 Å². The van der Waals surface area contributed by atoms with Gasteiger partial charge < -0.3 is 0 Å². The van der Waals surface area contributed by atoms with Gasteiger partial charge in [0.05, 0.1) is 0 Å². The van der Waals surface area contributed by atoms with Gasteiger partial charge in [-0.3, -0.25) is 9.69 Å². The quantitative estimate of drug-likeness (QED) is 0.766. The highest BCUT2D eigenvalue weighted by Gasteiger charge is 2.44. The maximum atomic E-state index is 13.0. The van der Waals surface area contributed by atoms with E-state index in [0.29, 0.717) is 0 Å². The molecule has 4 rings (SSSR count). The highest BCUT2D eigenvalue weighted by molar-refractivity contribution is 7.11. The first-order chi connectivity index (χ1) is 10.7. The van der Waals surface area contributed by atoms with Gasteiger partial charge >= 0.3 is 0 Å². The fraction of sp³-hybridized carbons (Fsp3) is 0.278. The number of piperidine rings is 1. The summed E-state index contributed by atoms with van der Waals surface area (Å²) in [6, 6.07) is 8.78. The van der Waals surface area contributed by atoms with Crippen LogP contribution in [0.5, 0.6) is 0 Å². The maximum absolute atomic E-state index is 13.0. The van der Waals surface area contributed by atoms with Crippen LogP contribution in [0, 0.1) is 0 Å². The summed E-state index contributed by atoms with van der Waals surface area (Å²) >= 11 is 3.38. The summed E-state index contributed by atoms with van der Waals surface area (Å²) in [5.74, 6) is 0.243. The number of Topliss-reactive ketones (excluding diaryl/α,β-unsaturated/α-hetero) is 1. The molecule has 0 saturated carbocycles. The van der Waals surface area contributed by atoms with Crippen molar-refractivity contribution in [2.75, 3.05) is 7.05 Å². The Hall–Kier alpha value is -1.49. The highest BCUT2D eigenvalue weighted by Crippen LogP contribution is 2.40. The molecule has 4 heteroatoms. The van der Waals surface area contributed by atoms with E-state index in [0.717, 1.165) is 33.7 Å². The zero-order valence-electron chi connectivity index (χ0n) is 12.4. The molecular formula is C18H17NOS2. The summed E-state index contributed by atoms with van der Waals surface area (Å²) < 4.78 is 0. The van der Waals surface area contributed by atoms with Gasteiger partial charge in [-0.15, -0.1) is 22.7 Å². The molecule has 2 aromatic heterocycles. The molecule has 112 valence electrons. The molecule has 2 aromatic rings. The van der Waals surface area contributed by atoms with E-state index >= 15 is 0 Å². The second-order valence-corrected chi connectivity index (χ2v) is 7.79. The Bertz CT molecular complexity index is 678. The van der Waals surface area contributed by atoms with Crippen molar-refractivity contribution in [1.29, 1.82) is 0 Å². The summed E-state index contributed by atoms with van der Waals surface area (Å²) in [6.07, 6.45) is 6.34. The molecule has 0 unspecified atom stereocenters. The largest absolute Gasteiger partial charge is 0.292 e. The van der Waals surface area contributed by atoms with Crippen molar-refractivity contribution in [3.63, 3.8) is 0 Å². The SMILES string of the molecule is CN1[C@H]2CC[C@H]1/C(=C\c1cccs1)C(=O)/C2=C\c1cccs1. The summed E-state index contributed by atoms with van der Waals surface area (Å²) in [5.41, 5.74) is 1.92. The van der Waals surface area contributed by atoms with E-state index in [4.69, 9.17) is 0 Å². The molecule has 2 bridgehead atoms. The normalized spacial score (nSPS) is 28.9. The van der Waals surface area contributed by atoms with Crippen LogP contribution in [-0.2, 0) is 4.79 Å². The topological polar surface area (TPSA) is 20.3 Å². The van der Waals surface area contributed by atoms with Crippen molar-refractivity contribution in [1.82, 2.24) is 4.90 Å². The van der Waals surface area contributed by atoms with Gasteiger partial charge in [0.25, 0.3) is 0 Å². The lowest BCUT2D eigenvalue weighted by atomic mass is 9.90. The molecule has 0 spiro atoms. The van der Waals surface area contributed by atoms with Crippen LogP contribution in [-0.4, -0.2) is 29.8 Å². The van der Waals surface area contributed by atoms with Gasteiger partial charge in [0.1, 0.15) is 0 Å². The molecule has 0 N–H and O–H groups in total. The fourth-order valence-electron chi connectivity index (χ4n) is 3.54. The lowest BCUT2D eigenvalue weighted by Crippen LogP contribution is -2.43. The second-order valence-electron chi connectivity index (χ2n) is 5.83. The monoisotopic (exact) mass is 327 g/mol. The summed E-state index contributed by atoms with van der Waals surface area (Å²) in [6.45, 7) is 0. The zero-order chi connectivity index (χ0) is 15.1. The Balaban J connectivity index is 1.79. The minimum atomic E-state index is 0.243. The third kappa shape index (κ3) is 2.32. The Labute approximate surface area is 138 Å². The standard InChI is InChI=1S/C18H17NOS2/c1-19-16-6-7-17(19)15(11-13-5-3-9-22-13)18(20)14(16)10-12-4-2-8-21-12/h2-5,8-11,16-17H,6-7H2,1H3/b14-10-,15-11+/t16-,17-/m0/s1.